The van der Waals surface area contributed by atoms with Gasteiger partial charge in [-0.3, -0.25) is 9.59 Å². The van der Waals surface area contributed by atoms with Crippen molar-refractivity contribution in [1.29, 1.82) is 0 Å². The van der Waals surface area contributed by atoms with Crippen LogP contribution in [-0.4, -0.2) is 36.3 Å². The maximum Gasteiger partial charge on any atom is 0.222 e. The van der Waals surface area contributed by atoms with Crippen LogP contribution >= 0.6 is 0 Å². The lowest BCUT2D eigenvalue weighted by molar-refractivity contribution is -0.133. The van der Waals surface area contributed by atoms with Crippen LogP contribution in [0.2, 0.25) is 0 Å². The summed E-state index contributed by atoms with van der Waals surface area (Å²) in [5, 5.41) is 0. The van der Waals surface area contributed by atoms with Gasteiger partial charge in [0.05, 0.1) is 0 Å². The van der Waals surface area contributed by atoms with Crippen LogP contribution in [0.25, 0.3) is 0 Å². The molecule has 1 aliphatic rings. The number of hydrogen-bond acceptors (Lipinski definition) is 3. The maximum atomic E-state index is 11.9. The molecule has 0 aromatic carbocycles. The van der Waals surface area contributed by atoms with Crippen molar-refractivity contribution >= 4 is 11.8 Å². The minimum absolute atomic E-state index is 0.216. The molecule has 4 N–H and O–H groups in total. The molecule has 104 valence electrons. The van der Waals surface area contributed by atoms with E-state index in [1.54, 1.807) is 0 Å². The van der Waals surface area contributed by atoms with E-state index in [9.17, 15) is 9.59 Å². The van der Waals surface area contributed by atoms with Crippen molar-refractivity contribution in [2.24, 2.45) is 23.3 Å². The molecule has 5 nitrogen and oxygen atoms in total. The van der Waals surface area contributed by atoms with Crippen molar-refractivity contribution in [3.05, 3.63) is 0 Å². The standard InChI is InChI=1S/C13H25N3O2/c1-10(9-14)2-3-13(18)16-6-4-11(5-7-16)8-12(15)17/h10-11H,2-9,14H2,1H3,(H2,15,17). The van der Waals surface area contributed by atoms with Crippen LogP contribution in [0.15, 0.2) is 0 Å². The molecule has 0 saturated carbocycles. The first kappa shape index (κ1) is 15.0. The van der Waals surface area contributed by atoms with Crippen LogP contribution in [-0.2, 0) is 9.59 Å². The number of carbonyl (C=O) groups excluding carboxylic acids is 2. The summed E-state index contributed by atoms with van der Waals surface area (Å²) in [7, 11) is 0. The summed E-state index contributed by atoms with van der Waals surface area (Å²) in [5.41, 5.74) is 10.7. The molecular weight excluding hydrogens is 230 g/mol. The normalized spacial score (nSPS) is 18.7. The molecule has 0 aromatic heterocycles. The molecule has 1 fully saturated rings. The third-order valence-electron chi connectivity index (χ3n) is 3.71. The molecule has 1 saturated heterocycles. The zero-order valence-corrected chi connectivity index (χ0v) is 11.2. The van der Waals surface area contributed by atoms with E-state index in [2.05, 4.69) is 6.92 Å². The molecule has 18 heavy (non-hydrogen) atoms. The Morgan fingerprint density at radius 1 is 1.33 bits per heavy atom. The van der Waals surface area contributed by atoms with E-state index in [1.165, 1.54) is 0 Å². The quantitative estimate of drug-likeness (QED) is 0.723. The number of likely N-dealkylation sites (tertiary alicyclic amines) is 1. The SMILES string of the molecule is CC(CN)CCC(=O)N1CCC(CC(N)=O)CC1. The van der Waals surface area contributed by atoms with Crippen molar-refractivity contribution in [2.75, 3.05) is 19.6 Å². The minimum Gasteiger partial charge on any atom is -0.370 e. The molecule has 2 amide bonds. The van der Waals surface area contributed by atoms with Crippen LogP contribution in [0.1, 0.15) is 39.0 Å². The minimum atomic E-state index is -0.239. The topological polar surface area (TPSA) is 89.4 Å². The maximum absolute atomic E-state index is 11.9. The van der Waals surface area contributed by atoms with Crippen LogP contribution in [0, 0.1) is 11.8 Å². The zero-order chi connectivity index (χ0) is 13.5. The van der Waals surface area contributed by atoms with Crippen molar-refractivity contribution in [3.63, 3.8) is 0 Å². The lowest BCUT2D eigenvalue weighted by atomic mass is 9.93. The van der Waals surface area contributed by atoms with Gasteiger partial charge in [-0.1, -0.05) is 6.92 Å². The number of primary amides is 1. The van der Waals surface area contributed by atoms with E-state index < -0.39 is 0 Å². The lowest BCUT2D eigenvalue weighted by Crippen LogP contribution is -2.39. The highest BCUT2D eigenvalue weighted by Crippen LogP contribution is 2.21. The molecule has 0 spiro atoms. The van der Waals surface area contributed by atoms with Gasteiger partial charge < -0.3 is 16.4 Å². The monoisotopic (exact) mass is 255 g/mol. The number of piperidine rings is 1. The van der Waals surface area contributed by atoms with Gasteiger partial charge in [-0.25, -0.2) is 0 Å². The van der Waals surface area contributed by atoms with Crippen LogP contribution < -0.4 is 11.5 Å². The van der Waals surface area contributed by atoms with Crippen molar-refractivity contribution in [1.82, 2.24) is 4.90 Å². The second-order valence-electron chi connectivity index (χ2n) is 5.37. The molecule has 1 unspecified atom stereocenters. The Labute approximate surface area is 109 Å². The third kappa shape index (κ3) is 5.04. The van der Waals surface area contributed by atoms with Crippen LogP contribution in [0.4, 0.5) is 0 Å². The summed E-state index contributed by atoms with van der Waals surface area (Å²) in [6, 6.07) is 0. The fourth-order valence-corrected chi connectivity index (χ4v) is 2.32. The summed E-state index contributed by atoms with van der Waals surface area (Å²) in [5.74, 6) is 0.736. The predicted octanol–water partition coefficient (Wildman–Crippen LogP) is 0.475. The number of nitrogens with zero attached hydrogens (tertiary/aromatic N) is 1. The zero-order valence-electron chi connectivity index (χ0n) is 11.2. The third-order valence-corrected chi connectivity index (χ3v) is 3.71. The number of amides is 2. The van der Waals surface area contributed by atoms with E-state index in [0.29, 0.717) is 31.2 Å². The van der Waals surface area contributed by atoms with Gasteiger partial charge >= 0.3 is 0 Å². The van der Waals surface area contributed by atoms with Crippen molar-refractivity contribution in [3.8, 4) is 0 Å². The highest BCUT2D eigenvalue weighted by Gasteiger charge is 2.23. The summed E-state index contributed by atoms with van der Waals surface area (Å²) >= 11 is 0. The summed E-state index contributed by atoms with van der Waals surface area (Å²) in [6.45, 7) is 4.21. The van der Waals surface area contributed by atoms with Gasteiger partial charge in [0.25, 0.3) is 0 Å². The smallest absolute Gasteiger partial charge is 0.222 e. The fraction of sp³-hybridized carbons (Fsp3) is 0.846. The van der Waals surface area contributed by atoms with E-state index in [1.807, 2.05) is 4.90 Å². The molecule has 5 heteroatoms. The second-order valence-corrected chi connectivity index (χ2v) is 5.37. The molecular formula is C13H25N3O2. The number of carbonyl (C=O) groups is 2. The van der Waals surface area contributed by atoms with Gasteiger partial charge in [-0.15, -0.1) is 0 Å². The largest absolute Gasteiger partial charge is 0.370 e. The van der Waals surface area contributed by atoms with E-state index in [0.717, 1.165) is 32.4 Å². The Bertz CT molecular complexity index is 286. The summed E-state index contributed by atoms with van der Waals surface area (Å²) in [4.78, 5) is 24.7. The molecule has 0 bridgehead atoms. The van der Waals surface area contributed by atoms with Crippen molar-refractivity contribution in [2.45, 2.75) is 39.0 Å². The van der Waals surface area contributed by atoms with E-state index in [4.69, 9.17) is 11.5 Å². The Morgan fingerprint density at radius 3 is 2.44 bits per heavy atom. The predicted molar refractivity (Wildman–Crippen MR) is 70.6 cm³/mol. The van der Waals surface area contributed by atoms with Gasteiger partial charge in [-0.05, 0) is 37.6 Å². The first-order valence-corrected chi connectivity index (χ1v) is 6.79. The Morgan fingerprint density at radius 2 is 1.94 bits per heavy atom. The Kier molecular flexibility index (Phi) is 6.12. The molecule has 1 atom stereocenters. The van der Waals surface area contributed by atoms with Gasteiger partial charge in [0.1, 0.15) is 0 Å². The van der Waals surface area contributed by atoms with Crippen LogP contribution in [0.5, 0.6) is 0 Å². The highest BCUT2D eigenvalue weighted by molar-refractivity contribution is 5.76. The molecule has 1 heterocycles. The molecule has 1 rings (SSSR count). The van der Waals surface area contributed by atoms with Crippen molar-refractivity contribution < 1.29 is 9.59 Å². The molecule has 0 radical (unpaired) electrons. The average Bonchev–Trinajstić information content (AvgIpc) is 2.35. The average molecular weight is 255 g/mol. The fourth-order valence-electron chi connectivity index (χ4n) is 2.32. The van der Waals surface area contributed by atoms with Gasteiger partial charge in [0.2, 0.25) is 11.8 Å². The summed E-state index contributed by atoms with van der Waals surface area (Å²) < 4.78 is 0. The first-order valence-electron chi connectivity index (χ1n) is 6.79. The van der Waals surface area contributed by atoms with E-state index >= 15 is 0 Å². The Balaban J connectivity index is 2.25. The van der Waals surface area contributed by atoms with Gasteiger partial charge in [0, 0.05) is 25.9 Å². The molecule has 1 aliphatic heterocycles. The molecule has 0 aromatic rings. The number of nitrogens with two attached hydrogens (primary N) is 2. The Hall–Kier alpha value is -1.10. The second kappa shape index (κ2) is 7.36. The number of rotatable bonds is 6. The summed E-state index contributed by atoms with van der Waals surface area (Å²) in [6.07, 6.45) is 3.67. The first-order chi connectivity index (χ1) is 8.52. The van der Waals surface area contributed by atoms with Gasteiger partial charge in [-0.2, -0.15) is 0 Å². The van der Waals surface area contributed by atoms with E-state index in [-0.39, 0.29) is 11.8 Å². The highest BCUT2D eigenvalue weighted by atomic mass is 16.2. The van der Waals surface area contributed by atoms with Gasteiger partial charge in [0.15, 0.2) is 0 Å². The lowest BCUT2D eigenvalue weighted by Gasteiger charge is -2.31. The number of hydrogen-bond donors (Lipinski definition) is 2. The van der Waals surface area contributed by atoms with Crippen LogP contribution in [0.3, 0.4) is 0 Å². The molecule has 0 aliphatic carbocycles.